The van der Waals surface area contributed by atoms with E-state index in [-0.39, 0.29) is 16.4 Å². The number of hydrogen-bond acceptors (Lipinski definition) is 2. The summed E-state index contributed by atoms with van der Waals surface area (Å²) in [7, 11) is 0. The molecule has 3 aliphatic heterocycles. The Kier molecular flexibility index (Phi) is 2.05. The number of nitrogens with zero attached hydrogens (tertiary/aromatic N) is 2. The van der Waals surface area contributed by atoms with E-state index in [4.69, 9.17) is 4.99 Å². The van der Waals surface area contributed by atoms with Crippen molar-refractivity contribution in [1.29, 1.82) is 0 Å². The Hall–Kier alpha value is -0.790. The molecule has 1 unspecified atom stereocenters. The van der Waals surface area contributed by atoms with Gasteiger partial charge < -0.3 is 4.90 Å². The van der Waals surface area contributed by atoms with Crippen molar-refractivity contribution in [2.24, 2.45) is 15.8 Å². The summed E-state index contributed by atoms with van der Waals surface area (Å²) in [4.78, 5) is 8.12. The van der Waals surface area contributed by atoms with Gasteiger partial charge in [-0.1, -0.05) is 54.4 Å². The molecule has 3 atom stereocenters. The summed E-state index contributed by atoms with van der Waals surface area (Å²) in [5, 5.41) is 0. The fourth-order valence-corrected chi connectivity index (χ4v) is 5.07. The summed E-state index contributed by atoms with van der Waals surface area (Å²) < 4.78 is 0. The van der Waals surface area contributed by atoms with Crippen molar-refractivity contribution in [1.82, 2.24) is 4.90 Å². The summed E-state index contributed by atoms with van der Waals surface area (Å²) in [6.45, 7) is 14.1. The van der Waals surface area contributed by atoms with Crippen LogP contribution in [-0.2, 0) is 0 Å². The maximum Gasteiger partial charge on any atom is 0.106 e. The van der Waals surface area contributed by atoms with Crippen LogP contribution in [0.3, 0.4) is 0 Å². The fraction of sp³-hybridized carbons (Fsp3) is 0.833. The maximum absolute atomic E-state index is 5.36. The maximum atomic E-state index is 5.36. The summed E-state index contributed by atoms with van der Waals surface area (Å²) in [5.41, 5.74) is 3.96. The minimum absolute atomic E-state index is 0.126. The molecular weight excluding hydrogens is 244 g/mol. The molecule has 2 fully saturated rings. The van der Waals surface area contributed by atoms with E-state index in [0.29, 0.717) is 11.6 Å². The monoisotopic (exact) mass is 272 g/mol. The van der Waals surface area contributed by atoms with E-state index < -0.39 is 0 Å². The average Bonchev–Trinajstić information content (AvgIpc) is 2.73. The molecule has 0 radical (unpaired) electrons. The first-order valence-corrected chi connectivity index (χ1v) is 8.26. The summed E-state index contributed by atoms with van der Waals surface area (Å²) in [6.07, 6.45) is 7.89. The van der Waals surface area contributed by atoms with Gasteiger partial charge >= 0.3 is 0 Å². The first-order valence-electron chi connectivity index (χ1n) is 8.26. The molecule has 20 heavy (non-hydrogen) atoms. The van der Waals surface area contributed by atoms with Crippen LogP contribution in [0.2, 0.25) is 0 Å². The lowest BCUT2D eigenvalue weighted by molar-refractivity contribution is 0.256. The van der Waals surface area contributed by atoms with Crippen LogP contribution >= 0.6 is 0 Å². The van der Waals surface area contributed by atoms with E-state index in [0.717, 1.165) is 0 Å². The first-order chi connectivity index (χ1) is 9.14. The quantitative estimate of drug-likeness (QED) is 0.604. The van der Waals surface area contributed by atoms with Crippen LogP contribution in [-0.4, -0.2) is 27.7 Å². The second-order valence-corrected chi connectivity index (χ2v) is 9.35. The van der Waals surface area contributed by atoms with Crippen LogP contribution in [0.4, 0.5) is 0 Å². The van der Waals surface area contributed by atoms with Crippen LogP contribution in [0.5, 0.6) is 0 Å². The average molecular weight is 272 g/mol. The van der Waals surface area contributed by atoms with Gasteiger partial charge in [0.15, 0.2) is 0 Å². The minimum atomic E-state index is 0.126. The van der Waals surface area contributed by atoms with Gasteiger partial charge in [-0.05, 0) is 18.9 Å². The molecule has 0 bridgehead atoms. The third-order valence-corrected chi connectivity index (χ3v) is 5.94. The van der Waals surface area contributed by atoms with Crippen molar-refractivity contribution in [2.45, 2.75) is 84.3 Å². The molecule has 4 aliphatic rings. The first kappa shape index (κ1) is 12.9. The van der Waals surface area contributed by atoms with Crippen molar-refractivity contribution in [2.75, 3.05) is 0 Å². The van der Waals surface area contributed by atoms with Crippen molar-refractivity contribution in [3.63, 3.8) is 0 Å². The van der Waals surface area contributed by atoms with Crippen molar-refractivity contribution < 1.29 is 0 Å². The predicted octanol–water partition coefficient (Wildman–Crippen LogP) is 4.17. The highest BCUT2D eigenvalue weighted by molar-refractivity contribution is 6.03. The lowest BCUT2D eigenvalue weighted by Gasteiger charge is -2.34. The second-order valence-electron chi connectivity index (χ2n) is 9.35. The molecule has 110 valence electrons. The Bertz CT molecular complexity index is 501. The van der Waals surface area contributed by atoms with Gasteiger partial charge in [0.1, 0.15) is 5.54 Å². The summed E-state index contributed by atoms with van der Waals surface area (Å²) in [5.74, 6) is 0. The molecule has 2 nitrogen and oxygen atoms in total. The summed E-state index contributed by atoms with van der Waals surface area (Å²) in [6, 6.07) is 0.613. The van der Waals surface area contributed by atoms with Gasteiger partial charge in [0.2, 0.25) is 0 Å². The van der Waals surface area contributed by atoms with Gasteiger partial charge in [0.05, 0.1) is 11.6 Å². The van der Waals surface area contributed by atoms with E-state index in [1.54, 1.807) is 5.70 Å². The predicted molar refractivity (Wildman–Crippen MR) is 84.0 cm³/mol. The highest BCUT2D eigenvalue weighted by Crippen LogP contribution is 2.71. The number of aliphatic imine (C=N–C) groups is 1. The molecule has 4 rings (SSSR count). The molecule has 1 spiro atoms. The van der Waals surface area contributed by atoms with Gasteiger partial charge in [-0.2, -0.15) is 0 Å². The lowest BCUT2D eigenvalue weighted by atomic mass is 9.71. The molecule has 0 aromatic carbocycles. The van der Waals surface area contributed by atoms with Crippen molar-refractivity contribution >= 4 is 5.71 Å². The number of rotatable bonds is 0. The van der Waals surface area contributed by atoms with E-state index in [9.17, 15) is 0 Å². The standard InChI is InChI=1S/C18H28N2/c1-15(2,3)12-11-17-9-7-8-10-18(17)14(20(12)18)13(19-17)16(4,5)6/h11,14H,7-10H2,1-6H3/t14?,17-,18-,20?/m1/s1. The second kappa shape index (κ2) is 3.18. The molecule has 3 heterocycles. The van der Waals surface area contributed by atoms with E-state index in [1.807, 2.05) is 0 Å². The zero-order chi connectivity index (χ0) is 14.6. The largest absolute Gasteiger partial charge is 0.353 e. The smallest absolute Gasteiger partial charge is 0.106 e. The summed E-state index contributed by atoms with van der Waals surface area (Å²) >= 11 is 0. The Balaban J connectivity index is 1.86. The van der Waals surface area contributed by atoms with Crippen molar-refractivity contribution in [3.05, 3.63) is 11.8 Å². The van der Waals surface area contributed by atoms with Crippen LogP contribution < -0.4 is 0 Å². The zero-order valence-corrected chi connectivity index (χ0v) is 13.9. The van der Waals surface area contributed by atoms with Gasteiger partial charge in [-0.3, -0.25) is 4.99 Å². The third kappa shape index (κ3) is 1.21. The third-order valence-electron chi connectivity index (χ3n) is 5.94. The van der Waals surface area contributed by atoms with Crippen LogP contribution in [0, 0.1) is 10.8 Å². The Labute approximate surface area is 123 Å². The van der Waals surface area contributed by atoms with E-state index >= 15 is 0 Å². The van der Waals surface area contributed by atoms with Crippen LogP contribution in [0.1, 0.15) is 67.2 Å². The highest BCUT2D eigenvalue weighted by atomic mass is 15.5. The van der Waals surface area contributed by atoms with Gasteiger partial charge in [0, 0.05) is 22.2 Å². The molecule has 0 aromatic rings. The number of fused-ring (bicyclic) bond motifs is 1. The number of hydrogen-bond donors (Lipinski definition) is 0. The van der Waals surface area contributed by atoms with Gasteiger partial charge in [-0.15, -0.1) is 0 Å². The molecule has 0 N–H and O–H groups in total. The number of allylic oxidation sites excluding steroid dienone is 1. The Morgan fingerprint density at radius 3 is 2.25 bits per heavy atom. The molecule has 0 amide bonds. The zero-order valence-electron chi connectivity index (χ0n) is 13.9. The Morgan fingerprint density at radius 2 is 1.70 bits per heavy atom. The lowest BCUT2D eigenvalue weighted by Crippen LogP contribution is -2.43. The molecular formula is C18H28N2. The topological polar surface area (TPSA) is 15.4 Å². The molecule has 2 heteroatoms. The van der Waals surface area contributed by atoms with Crippen LogP contribution in [0.25, 0.3) is 0 Å². The van der Waals surface area contributed by atoms with E-state index in [1.165, 1.54) is 31.4 Å². The normalized spacial score (nSPS) is 42.1. The SMILES string of the molecule is CC(C)(C)C1=C[C@]23CCCC[C@@]24C(C(C(C)(C)C)=N3)N14. The molecule has 0 aromatic heterocycles. The van der Waals surface area contributed by atoms with Crippen molar-refractivity contribution in [3.8, 4) is 0 Å². The minimum Gasteiger partial charge on any atom is -0.353 e. The highest BCUT2D eigenvalue weighted by Gasteiger charge is 2.82. The van der Waals surface area contributed by atoms with Crippen LogP contribution in [0.15, 0.2) is 16.8 Å². The molecule has 1 saturated carbocycles. The molecule has 1 saturated heterocycles. The van der Waals surface area contributed by atoms with Gasteiger partial charge in [0.25, 0.3) is 0 Å². The van der Waals surface area contributed by atoms with E-state index in [2.05, 4.69) is 52.5 Å². The van der Waals surface area contributed by atoms with Gasteiger partial charge in [-0.25, -0.2) is 0 Å². The molecule has 1 aliphatic carbocycles. The fourth-order valence-electron chi connectivity index (χ4n) is 5.07. The Morgan fingerprint density at radius 1 is 1.05 bits per heavy atom.